The second kappa shape index (κ2) is 6.78. The zero-order valence-electron chi connectivity index (χ0n) is 11.9. The summed E-state index contributed by atoms with van der Waals surface area (Å²) in [6.45, 7) is 6.43. The van der Waals surface area contributed by atoms with Crippen LogP contribution in [0.1, 0.15) is 31.9 Å². The lowest BCUT2D eigenvalue weighted by atomic mass is 10.0. The lowest BCUT2D eigenvalue weighted by molar-refractivity contribution is 0.0782. The smallest absolute Gasteiger partial charge is 0.124 e. The Morgan fingerprint density at radius 2 is 2.26 bits per heavy atom. The minimum atomic E-state index is 0.281. The Balaban J connectivity index is 1.96. The Hall–Kier alpha value is -1.26. The number of fused-ring (bicyclic) bond motifs is 1. The van der Waals surface area contributed by atoms with E-state index in [1.54, 1.807) is 7.11 Å². The van der Waals surface area contributed by atoms with Gasteiger partial charge in [0.2, 0.25) is 0 Å². The molecule has 1 aliphatic heterocycles. The highest BCUT2D eigenvalue weighted by molar-refractivity contribution is 5.43. The van der Waals surface area contributed by atoms with E-state index >= 15 is 0 Å². The van der Waals surface area contributed by atoms with Gasteiger partial charge < -0.3 is 19.5 Å². The molecule has 1 aliphatic rings. The monoisotopic (exact) mass is 265 g/mol. The highest BCUT2D eigenvalue weighted by Gasteiger charge is 2.21. The largest absolute Gasteiger partial charge is 0.497 e. The summed E-state index contributed by atoms with van der Waals surface area (Å²) in [6, 6.07) is 6.28. The first-order chi connectivity index (χ1) is 9.20. The number of methoxy groups -OCH3 is 1. The van der Waals surface area contributed by atoms with Crippen LogP contribution in [-0.4, -0.2) is 33.0 Å². The molecule has 1 N–H and O–H groups in total. The van der Waals surface area contributed by atoms with E-state index in [9.17, 15) is 0 Å². The topological polar surface area (TPSA) is 39.7 Å². The lowest BCUT2D eigenvalue weighted by Crippen LogP contribution is -2.30. The van der Waals surface area contributed by atoms with Crippen LogP contribution >= 0.6 is 0 Å². The average Bonchev–Trinajstić information content (AvgIpc) is 2.43. The van der Waals surface area contributed by atoms with Gasteiger partial charge in [0.25, 0.3) is 0 Å². The van der Waals surface area contributed by atoms with Crippen molar-refractivity contribution in [3.63, 3.8) is 0 Å². The summed E-state index contributed by atoms with van der Waals surface area (Å²) in [5.74, 6) is 1.82. The molecule has 4 heteroatoms. The fraction of sp³-hybridized carbons (Fsp3) is 0.600. The van der Waals surface area contributed by atoms with Crippen molar-refractivity contribution in [3.8, 4) is 11.5 Å². The van der Waals surface area contributed by atoms with Gasteiger partial charge in [0.05, 0.1) is 26.4 Å². The van der Waals surface area contributed by atoms with E-state index in [0.717, 1.165) is 37.7 Å². The van der Waals surface area contributed by atoms with Crippen LogP contribution < -0.4 is 14.8 Å². The molecule has 19 heavy (non-hydrogen) atoms. The van der Waals surface area contributed by atoms with Crippen LogP contribution in [-0.2, 0) is 4.74 Å². The Labute approximate surface area is 115 Å². The number of ether oxygens (including phenoxy) is 3. The fourth-order valence-electron chi connectivity index (χ4n) is 2.24. The maximum Gasteiger partial charge on any atom is 0.124 e. The van der Waals surface area contributed by atoms with Crippen LogP contribution in [0.2, 0.25) is 0 Å². The van der Waals surface area contributed by atoms with Crippen LogP contribution in [0.4, 0.5) is 0 Å². The third kappa shape index (κ3) is 3.85. The molecule has 0 fully saturated rings. The van der Waals surface area contributed by atoms with E-state index in [2.05, 4.69) is 25.2 Å². The van der Waals surface area contributed by atoms with Gasteiger partial charge in [0.15, 0.2) is 0 Å². The first kappa shape index (κ1) is 14.2. The summed E-state index contributed by atoms with van der Waals surface area (Å²) >= 11 is 0. The molecule has 106 valence electrons. The number of hydrogen-bond acceptors (Lipinski definition) is 4. The molecule has 1 heterocycles. The number of rotatable bonds is 6. The van der Waals surface area contributed by atoms with Crippen molar-refractivity contribution in [2.24, 2.45) is 0 Å². The summed E-state index contributed by atoms with van der Waals surface area (Å²) < 4.78 is 16.5. The molecule has 2 rings (SSSR count). The molecule has 0 saturated heterocycles. The molecule has 0 spiro atoms. The maximum atomic E-state index is 5.67. The molecule has 1 atom stereocenters. The van der Waals surface area contributed by atoms with Crippen LogP contribution in [0.3, 0.4) is 0 Å². The van der Waals surface area contributed by atoms with Crippen molar-refractivity contribution in [2.45, 2.75) is 32.4 Å². The van der Waals surface area contributed by atoms with Crippen LogP contribution in [0.5, 0.6) is 11.5 Å². The second-order valence-electron chi connectivity index (χ2n) is 4.97. The third-order valence-electron chi connectivity index (χ3n) is 3.20. The van der Waals surface area contributed by atoms with E-state index < -0.39 is 0 Å². The molecular formula is C15H23NO3. The van der Waals surface area contributed by atoms with Gasteiger partial charge in [-0.05, 0) is 32.0 Å². The van der Waals surface area contributed by atoms with Crippen LogP contribution in [0.25, 0.3) is 0 Å². The normalized spacial score (nSPS) is 18.0. The molecule has 1 unspecified atom stereocenters. The Bertz CT molecular complexity index is 406. The summed E-state index contributed by atoms with van der Waals surface area (Å²) in [4.78, 5) is 0. The van der Waals surface area contributed by atoms with Crippen molar-refractivity contribution in [1.29, 1.82) is 0 Å². The van der Waals surface area contributed by atoms with E-state index in [-0.39, 0.29) is 6.10 Å². The zero-order valence-corrected chi connectivity index (χ0v) is 11.9. The van der Waals surface area contributed by atoms with Crippen molar-refractivity contribution in [3.05, 3.63) is 23.8 Å². The molecule has 4 nitrogen and oxygen atoms in total. The summed E-state index contributed by atoms with van der Waals surface area (Å²) in [6.07, 6.45) is 1.26. The van der Waals surface area contributed by atoms with Crippen LogP contribution in [0, 0.1) is 0 Å². The summed E-state index contributed by atoms with van der Waals surface area (Å²) in [5.41, 5.74) is 1.18. The third-order valence-corrected chi connectivity index (χ3v) is 3.20. The van der Waals surface area contributed by atoms with Gasteiger partial charge in [0, 0.05) is 24.6 Å². The van der Waals surface area contributed by atoms with Gasteiger partial charge in [-0.3, -0.25) is 0 Å². The molecule has 0 saturated carbocycles. The molecule has 0 bridgehead atoms. The molecule has 1 aromatic carbocycles. The minimum Gasteiger partial charge on any atom is -0.497 e. The van der Waals surface area contributed by atoms with Crippen molar-refractivity contribution in [1.82, 2.24) is 5.32 Å². The quantitative estimate of drug-likeness (QED) is 0.802. The van der Waals surface area contributed by atoms with Gasteiger partial charge in [-0.15, -0.1) is 0 Å². The average molecular weight is 265 g/mol. The number of nitrogens with one attached hydrogen (secondary N) is 1. The van der Waals surface area contributed by atoms with Gasteiger partial charge in [-0.1, -0.05) is 0 Å². The van der Waals surface area contributed by atoms with Crippen molar-refractivity contribution >= 4 is 0 Å². The predicted molar refractivity (Wildman–Crippen MR) is 74.9 cm³/mol. The zero-order chi connectivity index (χ0) is 13.7. The fourth-order valence-corrected chi connectivity index (χ4v) is 2.24. The maximum absolute atomic E-state index is 5.67. The Morgan fingerprint density at radius 3 is 3.00 bits per heavy atom. The van der Waals surface area contributed by atoms with Gasteiger partial charge in [-0.25, -0.2) is 0 Å². The van der Waals surface area contributed by atoms with Crippen LogP contribution in [0.15, 0.2) is 18.2 Å². The molecule has 0 radical (unpaired) electrons. The summed E-state index contributed by atoms with van der Waals surface area (Å²) in [7, 11) is 1.68. The number of hydrogen-bond donors (Lipinski definition) is 1. The minimum absolute atomic E-state index is 0.281. The second-order valence-corrected chi connectivity index (χ2v) is 4.97. The molecule has 0 aliphatic carbocycles. The van der Waals surface area contributed by atoms with Gasteiger partial charge in [0.1, 0.15) is 11.5 Å². The first-order valence-electron chi connectivity index (χ1n) is 6.86. The summed E-state index contributed by atoms with van der Waals surface area (Å²) in [5, 5.41) is 3.52. The Morgan fingerprint density at radius 1 is 1.42 bits per heavy atom. The molecule has 0 amide bonds. The number of benzene rings is 1. The molecule has 0 aromatic heterocycles. The lowest BCUT2D eigenvalue weighted by Gasteiger charge is -2.27. The van der Waals surface area contributed by atoms with E-state index in [0.29, 0.717) is 6.04 Å². The van der Waals surface area contributed by atoms with Crippen molar-refractivity contribution < 1.29 is 14.2 Å². The Kier molecular flexibility index (Phi) is 5.05. The highest BCUT2D eigenvalue weighted by Crippen LogP contribution is 2.34. The molecular weight excluding hydrogens is 242 g/mol. The van der Waals surface area contributed by atoms with E-state index in [1.807, 2.05) is 12.1 Å². The SMILES string of the molecule is COc1ccc2c(c1)C(NCCOC(C)C)CCO2. The van der Waals surface area contributed by atoms with E-state index in [1.165, 1.54) is 5.56 Å². The highest BCUT2D eigenvalue weighted by atomic mass is 16.5. The van der Waals surface area contributed by atoms with Gasteiger partial charge in [-0.2, -0.15) is 0 Å². The standard InChI is InChI=1S/C15H23NO3/c1-11(2)18-9-7-16-14-6-8-19-15-5-4-12(17-3)10-13(14)15/h4-5,10-11,14,16H,6-9H2,1-3H3. The van der Waals surface area contributed by atoms with Gasteiger partial charge >= 0.3 is 0 Å². The first-order valence-corrected chi connectivity index (χ1v) is 6.86. The van der Waals surface area contributed by atoms with Crippen molar-refractivity contribution in [2.75, 3.05) is 26.9 Å². The molecule has 1 aromatic rings. The van der Waals surface area contributed by atoms with E-state index in [4.69, 9.17) is 14.2 Å². The predicted octanol–water partition coefficient (Wildman–Crippen LogP) is 2.53.